The molecule has 0 bridgehead atoms. The quantitative estimate of drug-likeness (QED) is 0.436. The molecule has 0 aromatic heterocycles. The van der Waals surface area contributed by atoms with E-state index in [4.69, 9.17) is 10.5 Å². The van der Waals surface area contributed by atoms with Crippen molar-refractivity contribution in [3.05, 3.63) is 0 Å². The van der Waals surface area contributed by atoms with E-state index in [0.29, 0.717) is 13.2 Å². The SMILES string of the molecule is CC#CC(C)(O)COCCN. The highest BCUT2D eigenvalue weighted by atomic mass is 16.5. The number of hydrogen-bond donors (Lipinski definition) is 2. The lowest BCUT2D eigenvalue weighted by Gasteiger charge is -2.15. The third kappa shape index (κ3) is 5.86. The molecule has 0 saturated heterocycles. The molecule has 11 heavy (non-hydrogen) atoms. The van der Waals surface area contributed by atoms with Crippen molar-refractivity contribution in [2.45, 2.75) is 19.4 Å². The molecule has 0 rings (SSSR count). The largest absolute Gasteiger partial charge is 0.376 e. The predicted molar refractivity (Wildman–Crippen MR) is 43.9 cm³/mol. The Morgan fingerprint density at radius 1 is 1.64 bits per heavy atom. The molecule has 0 spiro atoms. The number of nitrogens with two attached hydrogens (primary N) is 1. The first-order chi connectivity index (χ1) is 5.12. The summed E-state index contributed by atoms with van der Waals surface area (Å²) >= 11 is 0. The Balaban J connectivity index is 3.61. The molecule has 0 aliphatic heterocycles. The summed E-state index contributed by atoms with van der Waals surface area (Å²) in [6, 6.07) is 0. The van der Waals surface area contributed by atoms with Gasteiger partial charge in [0.25, 0.3) is 0 Å². The lowest BCUT2D eigenvalue weighted by atomic mass is 10.1. The zero-order valence-corrected chi connectivity index (χ0v) is 7.05. The second-order valence-electron chi connectivity index (χ2n) is 2.49. The maximum absolute atomic E-state index is 9.40. The van der Waals surface area contributed by atoms with Crippen LogP contribution in [0.15, 0.2) is 0 Å². The molecule has 0 radical (unpaired) electrons. The molecule has 1 unspecified atom stereocenters. The van der Waals surface area contributed by atoms with Gasteiger partial charge in [-0.25, -0.2) is 0 Å². The Labute approximate surface area is 67.5 Å². The minimum Gasteiger partial charge on any atom is -0.376 e. The lowest BCUT2D eigenvalue weighted by molar-refractivity contribution is 0.00769. The molecule has 64 valence electrons. The van der Waals surface area contributed by atoms with Gasteiger partial charge in [-0.3, -0.25) is 0 Å². The van der Waals surface area contributed by atoms with Crippen LogP contribution >= 0.6 is 0 Å². The minimum absolute atomic E-state index is 0.213. The molecule has 0 amide bonds. The van der Waals surface area contributed by atoms with Gasteiger partial charge in [0.1, 0.15) is 5.60 Å². The van der Waals surface area contributed by atoms with Gasteiger partial charge in [0.15, 0.2) is 0 Å². The first-order valence-corrected chi connectivity index (χ1v) is 3.56. The molecule has 0 aliphatic rings. The fourth-order valence-electron chi connectivity index (χ4n) is 0.660. The van der Waals surface area contributed by atoms with Crippen molar-refractivity contribution >= 4 is 0 Å². The van der Waals surface area contributed by atoms with Crippen LogP contribution in [0.5, 0.6) is 0 Å². The van der Waals surface area contributed by atoms with Crippen molar-refractivity contribution in [1.29, 1.82) is 0 Å². The van der Waals surface area contributed by atoms with Gasteiger partial charge < -0.3 is 15.6 Å². The van der Waals surface area contributed by atoms with E-state index in [1.165, 1.54) is 0 Å². The highest BCUT2D eigenvalue weighted by molar-refractivity contribution is 5.10. The van der Waals surface area contributed by atoms with E-state index in [2.05, 4.69) is 11.8 Å². The molecule has 0 aliphatic carbocycles. The summed E-state index contributed by atoms with van der Waals surface area (Å²) in [6.45, 7) is 4.43. The summed E-state index contributed by atoms with van der Waals surface area (Å²) in [7, 11) is 0. The summed E-state index contributed by atoms with van der Waals surface area (Å²) in [6.07, 6.45) is 0. The fraction of sp³-hybridized carbons (Fsp3) is 0.750. The van der Waals surface area contributed by atoms with Gasteiger partial charge in [0, 0.05) is 6.54 Å². The molecule has 3 heteroatoms. The molecule has 0 fully saturated rings. The Morgan fingerprint density at radius 2 is 2.27 bits per heavy atom. The van der Waals surface area contributed by atoms with Crippen LogP contribution in [0.1, 0.15) is 13.8 Å². The molecular weight excluding hydrogens is 142 g/mol. The molecule has 0 heterocycles. The first kappa shape index (κ1) is 10.4. The maximum Gasteiger partial charge on any atom is 0.145 e. The van der Waals surface area contributed by atoms with Crippen molar-refractivity contribution in [2.24, 2.45) is 5.73 Å². The van der Waals surface area contributed by atoms with Crippen LogP contribution in [0, 0.1) is 11.8 Å². The van der Waals surface area contributed by atoms with Crippen molar-refractivity contribution in [1.82, 2.24) is 0 Å². The van der Waals surface area contributed by atoms with E-state index in [1.807, 2.05) is 0 Å². The standard InChI is InChI=1S/C8H15NO2/c1-3-4-8(2,10)7-11-6-5-9/h10H,5-7,9H2,1-2H3. The molecule has 3 N–H and O–H groups in total. The fourth-order valence-corrected chi connectivity index (χ4v) is 0.660. The second-order valence-corrected chi connectivity index (χ2v) is 2.49. The number of rotatable bonds is 4. The maximum atomic E-state index is 9.40. The van der Waals surface area contributed by atoms with E-state index < -0.39 is 5.60 Å². The predicted octanol–water partition coefficient (Wildman–Crippen LogP) is -0.264. The molecule has 1 atom stereocenters. The van der Waals surface area contributed by atoms with Crippen molar-refractivity contribution < 1.29 is 9.84 Å². The zero-order chi connectivity index (χ0) is 8.74. The van der Waals surface area contributed by atoms with Crippen molar-refractivity contribution in [2.75, 3.05) is 19.8 Å². The van der Waals surface area contributed by atoms with Crippen LogP contribution in [0.3, 0.4) is 0 Å². The van der Waals surface area contributed by atoms with E-state index in [9.17, 15) is 5.11 Å². The molecule has 0 aromatic rings. The van der Waals surface area contributed by atoms with E-state index >= 15 is 0 Å². The molecule has 0 aromatic carbocycles. The first-order valence-electron chi connectivity index (χ1n) is 3.56. The molecule has 3 nitrogen and oxygen atoms in total. The topological polar surface area (TPSA) is 55.5 Å². The van der Waals surface area contributed by atoms with Crippen LogP contribution in [-0.2, 0) is 4.74 Å². The Hall–Kier alpha value is -0.560. The summed E-state index contributed by atoms with van der Waals surface area (Å²) in [5.41, 5.74) is 4.15. The Kier molecular flexibility index (Phi) is 4.88. The molecular formula is C8H15NO2. The van der Waals surface area contributed by atoms with Gasteiger partial charge in [-0.15, -0.1) is 5.92 Å². The summed E-state index contributed by atoms with van der Waals surface area (Å²) < 4.78 is 5.02. The number of hydrogen-bond acceptors (Lipinski definition) is 3. The van der Waals surface area contributed by atoms with Crippen LogP contribution < -0.4 is 5.73 Å². The number of aliphatic hydroxyl groups is 1. The highest BCUT2D eigenvalue weighted by Crippen LogP contribution is 2.00. The van der Waals surface area contributed by atoms with Gasteiger partial charge in [-0.05, 0) is 13.8 Å². The lowest BCUT2D eigenvalue weighted by Crippen LogP contribution is -2.29. The highest BCUT2D eigenvalue weighted by Gasteiger charge is 2.15. The van der Waals surface area contributed by atoms with E-state index in [-0.39, 0.29) is 6.61 Å². The van der Waals surface area contributed by atoms with Crippen LogP contribution in [-0.4, -0.2) is 30.5 Å². The zero-order valence-electron chi connectivity index (χ0n) is 7.05. The summed E-state index contributed by atoms with van der Waals surface area (Å²) in [5.74, 6) is 5.24. The third-order valence-electron chi connectivity index (χ3n) is 1.04. The summed E-state index contributed by atoms with van der Waals surface area (Å²) in [5, 5.41) is 9.40. The molecule has 0 saturated carbocycles. The van der Waals surface area contributed by atoms with Crippen LogP contribution in [0.25, 0.3) is 0 Å². The van der Waals surface area contributed by atoms with Gasteiger partial charge in [-0.1, -0.05) is 5.92 Å². The van der Waals surface area contributed by atoms with Gasteiger partial charge in [0.2, 0.25) is 0 Å². The van der Waals surface area contributed by atoms with Gasteiger partial charge in [0.05, 0.1) is 13.2 Å². The van der Waals surface area contributed by atoms with Crippen molar-refractivity contribution in [3.8, 4) is 11.8 Å². The normalized spacial score (nSPS) is 14.9. The van der Waals surface area contributed by atoms with Crippen LogP contribution in [0.4, 0.5) is 0 Å². The van der Waals surface area contributed by atoms with E-state index in [1.54, 1.807) is 13.8 Å². The van der Waals surface area contributed by atoms with E-state index in [0.717, 1.165) is 0 Å². The Bertz CT molecular complexity index is 155. The average Bonchev–Trinajstić information content (AvgIpc) is 1.87. The smallest absolute Gasteiger partial charge is 0.145 e. The second kappa shape index (κ2) is 5.14. The monoisotopic (exact) mass is 157 g/mol. The third-order valence-corrected chi connectivity index (χ3v) is 1.04. The summed E-state index contributed by atoms with van der Waals surface area (Å²) in [4.78, 5) is 0. The number of ether oxygens (including phenoxy) is 1. The Morgan fingerprint density at radius 3 is 2.73 bits per heavy atom. The average molecular weight is 157 g/mol. The van der Waals surface area contributed by atoms with Crippen molar-refractivity contribution in [3.63, 3.8) is 0 Å². The minimum atomic E-state index is -1.04. The van der Waals surface area contributed by atoms with Crippen LogP contribution in [0.2, 0.25) is 0 Å². The van der Waals surface area contributed by atoms with Gasteiger partial charge in [-0.2, -0.15) is 0 Å². The van der Waals surface area contributed by atoms with Gasteiger partial charge >= 0.3 is 0 Å².